The number of hydrogen-bond acceptors (Lipinski definition) is 13. The number of unbranched alkanes of at least 4 members (excludes halogenated alkanes) is 1. The Morgan fingerprint density at radius 2 is 1.08 bits per heavy atom. The molecule has 0 fully saturated rings. The lowest BCUT2D eigenvalue weighted by molar-refractivity contribution is -0.159. The maximum atomic E-state index is 12.8. The Labute approximate surface area is 316 Å². The highest BCUT2D eigenvalue weighted by molar-refractivity contribution is 5.84. The molecule has 0 saturated heterocycles. The Morgan fingerprint density at radius 1 is 0.623 bits per heavy atom. The first-order chi connectivity index (χ1) is 25.7. The second-order valence-corrected chi connectivity index (χ2v) is 12.8. The number of ether oxygens (including phenoxy) is 10. The van der Waals surface area contributed by atoms with Gasteiger partial charge in [0.1, 0.15) is 18.2 Å². The molecule has 0 radical (unpaired) electrons. The number of amides is 2. The normalized spacial score (nSPS) is 12.0. The van der Waals surface area contributed by atoms with Crippen molar-refractivity contribution >= 4 is 18.0 Å². The summed E-state index contributed by atoms with van der Waals surface area (Å²) in [6.45, 7) is 15.6. The Balaban J connectivity index is 1.99. The molecule has 0 aromatic heterocycles. The second kappa shape index (κ2) is 33.7. The van der Waals surface area contributed by atoms with Crippen molar-refractivity contribution in [3.05, 3.63) is 35.9 Å². The molecule has 1 rings (SSSR count). The molecule has 0 spiro atoms. The fraction of sp³-hybridized carbons (Fsp3) is 0.763. The van der Waals surface area contributed by atoms with E-state index in [2.05, 4.69) is 17.6 Å². The van der Waals surface area contributed by atoms with E-state index in [0.29, 0.717) is 118 Å². The number of carbonyl (C=O) groups is 3. The summed E-state index contributed by atoms with van der Waals surface area (Å²) >= 11 is 0. The van der Waals surface area contributed by atoms with Crippen LogP contribution in [0.1, 0.15) is 65.4 Å². The number of alkyl carbamates (subject to hydrolysis) is 1. The first-order valence-electron chi connectivity index (χ1n) is 18.8. The van der Waals surface area contributed by atoms with Gasteiger partial charge in [-0.1, -0.05) is 37.3 Å². The highest BCUT2D eigenvalue weighted by Crippen LogP contribution is 2.12. The maximum Gasteiger partial charge on any atom is 0.407 e. The Kier molecular flexibility index (Phi) is 30.6. The molecule has 0 bridgehead atoms. The van der Waals surface area contributed by atoms with Gasteiger partial charge in [0.15, 0.2) is 0 Å². The molecule has 15 heteroatoms. The Morgan fingerprint density at radius 3 is 1.53 bits per heavy atom. The van der Waals surface area contributed by atoms with Gasteiger partial charge in [-0.25, -0.2) is 9.59 Å². The molecule has 0 heterocycles. The van der Waals surface area contributed by atoms with Gasteiger partial charge in [-0.3, -0.25) is 4.79 Å². The third-order valence-electron chi connectivity index (χ3n) is 6.85. The number of benzene rings is 1. The minimum absolute atomic E-state index is 0.0846. The van der Waals surface area contributed by atoms with Crippen LogP contribution in [0.3, 0.4) is 0 Å². The standard InChI is InChI=1S/C38H66N2O13/c1-5-16-44-18-20-46-22-24-48-26-28-50-30-31-51-29-27-49-25-23-47-21-19-45-17-14-35(41)40-34(36(42)53-38(2,3)4)13-9-10-15-39-37(43)52-32-33-11-7-6-8-12-33/h6-8,11-12,34H,5,9-10,13-32H2,1-4H3,(H,39,43)(H,40,41)/t34-/m0/s1. The van der Waals surface area contributed by atoms with Crippen molar-refractivity contribution in [2.24, 2.45) is 0 Å². The van der Waals surface area contributed by atoms with Gasteiger partial charge in [0.2, 0.25) is 5.91 Å². The smallest absolute Gasteiger partial charge is 0.407 e. The molecule has 0 saturated carbocycles. The van der Waals surface area contributed by atoms with Crippen LogP contribution in [0.2, 0.25) is 0 Å². The largest absolute Gasteiger partial charge is 0.458 e. The van der Waals surface area contributed by atoms with Gasteiger partial charge in [-0.15, -0.1) is 0 Å². The van der Waals surface area contributed by atoms with Crippen molar-refractivity contribution in [3.63, 3.8) is 0 Å². The minimum Gasteiger partial charge on any atom is -0.458 e. The molecule has 1 aromatic carbocycles. The number of nitrogens with one attached hydrogen (secondary N) is 2. The Bertz CT molecular complexity index is 1030. The lowest BCUT2D eigenvalue weighted by Crippen LogP contribution is -2.44. The summed E-state index contributed by atoms with van der Waals surface area (Å²) in [5, 5.41) is 5.47. The van der Waals surface area contributed by atoms with Crippen molar-refractivity contribution < 1.29 is 61.8 Å². The summed E-state index contributed by atoms with van der Waals surface area (Å²) < 4.78 is 54.3. The van der Waals surface area contributed by atoms with Crippen LogP contribution in [0.5, 0.6) is 0 Å². The monoisotopic (exact) mass is 758 g/mol. The summed E-state index contributed by atoms with van der Waals surface area (Å²) in [5.74, 6) is -0.820. The van der Waals surface area contributed by atoms with Crippen LogP contribution in [0.15, 0.2) is 30.3 Å². The van der Waals surface area contributed by atoms with Gasteiger partial charge in [0, 0.05) is 19.6 Å². The van der Waals surface area contributed by atoms with Crippen LogP contribution in [0, 0.1) is 0 Å². The molecule has 0 aliphatic heterocycles. The number of hydrogen-bond donors (Lipinski definition) is 2. The van der Waals surface area contributed by atoms with Crippen molar-refractivity contribution in [2.75, 3.05) is 112 Å². The molecule has 1 atom stereocenters. The number of carbonyl (C=O) groups excluding carboxylic acids is 3. The van der Waals surface area contributed by atoms with E-state index in [1.165, 1.54) is 0 Å². The molecule has 0 aliphatic rings. The summed E-state index contributed by atoms with van der Waals surface area (Å²) in [6, 6.07) is 8.59. The van der Waals surface area contributed by atoms with Gasteiger partial charge in [-0.2, -0.15) is 0 Å². The van der Waals surface area contributed by atoms with Crippen molar-refractivity contribution in [1.29, 1.82) is 0 Å². The van der Waals surface area contributed by atoms with E-state index in [9.17, 15) is 14.4 Å². The predicted octanol–water partition coefficient (Wildman–Crippen LogP) is 3.84. The van der Waals surface area contributed by atoms with Crippen molar-refractivity contribution in [1.82, 2.24) is 10.6 Å². The van der Waals surface area contributed by atoms with Crippen LogP contribution >= 0.6 is 0 Å². The summed E-state index contributed by atoms with van der Waals surface area (Å²) in [7, 11) is 0. The van der Waals surface area contributed by atoms with Gasteiger partial charge in [-0.05, 0) is 52.0 Å². The second-order valence-electron chi connectivity index (χ2n) is 12.8. The summed E-state index contributed by atoms with van der Waals surface area (Å²) in [5.41, 5.74) is 0.203. The highest BCUT2D eigenvalue weighted by atomic mass is 16.6. The fourth-order valence-electron chi connectivity index (χ4n) is 4.28. The van der Waals surface area contributed by atoms with Crippen LogP contribution in [0.25, 0.3) is 0 Å². The molecule has 0 unspecified atom stereocenters. The predicted molar refractivity (Wildman–Crippen MR) is 198 cm³/mol. The highest BCUT2D eigenvalue weighted by Gasteiger charge is 2.26. The lowest BCUT2D eigenvalue weighted by Gasteiger charge is -2.24. The van der Waals surface area contributed by atoms with Crippen LogP contribution in [0.4, 0.5) is 4.79 Å². The molecular weight excluding hydrogens is 692 g/mol. The molecule has 2 amide bonds. The van der Waals surface area contributed by atoms with Gasteiger partial charge in [0.25, 0.3) is 0 Å². The number of rotatable bonds is 35. The molecule has 15 nitrogen and oxygen atoms in total. The first-order valence-corrected chi connectivity index (χ1v) is 18.8. The van der Waals surface area contributed by atoms with E-state index in [1.54, 1.807) is 20.8 Å². The molecule has 1 aromatic rings. The molecule has 53 heavy (non-hydrogen) atoms. The molecule has 306 valence electrons. The van der Waals surface area contributed by atoms with E-state index in [0.717, 1.165) is 18.6 Å². The topological polar surface area (TPSA) is 168 Å². The van der Waals surface area contributed by atoms with E-state index in [1.807, 2.05) is 30.3 Å². The average molecular weight is 759 g/mol. The zero-order chi connectivity index (χ0) is 38.7. The quantitative estimate of drug-likeness (QED) is 0.0758. The van der Waals surface area contributed by atoms with Crippen molar-refractivity contribution in [3.8, 4) is 0 Å². The molecule has 0 aliphatic carbocycles. The van der Waals surface area contributed by atoms with E-state index in [-0.39, 0.29) is 25.5 Å². The Hall–Kier alpha value is -2.89. The molecular formula is C38H66N2O13. The first kappa shape index (κ1) is 48.1. The van der Waals surface area contributed by atoms with Crippen molar-refractivity contribution in [2.45, 2.75) is 78.0 Å². The van der Waals surface area contributed by atoms with E-state index >= 15 is 0 Å². The van der Waals surface area contributed by atoms with Gasteiger partial charge in [0.05, 0.1) is 99.1 Å². The average Bonchev–Trinajstić information content (AvgIpc) is 3.13. The minimum atomic E-state index is -0.809. The van der Waals surface area contributed by atoms with Crippen LogP contribution in [-0.2, 0) is 63.6 Å². The zero-order valence-corrected chi connectivity index (χ0v) is 32.5. The van der Waals surface area contributed by atoms with Crippen LogP contribution in [-0.4, -0.2) is 142 Å². The van der Waals surface area contributed by atoms with Gasteiger partial charge < -0.3 is 58.0 Å². The fourth-order valence-corrected chi connectivity index (χ4v) is 4.28. The third-order valence-corrected chi connectivity index (χ3v) is 6.85. The maximum absolute atomic E-state index is 12.8. The zero-order valence-electron chi connectivity index (χ0n) is 32.5. The number of esters is 1. The molecule has 2 N–H and O–H groups in total. The third kappa shape index (κ3) is 32.3. The van der Waals surface area contributed by atoms with E-state index < -0.39 is 23.7 Å². The van der Waals surface area contributed by atoms with Gasteiger partial charge >= 0.3 is 12.1 Å². The summed E-state index contributed by atoms with van der Waals surface area (Å²) in [4.78, 5) is 37.3. The lowest BCUT2D eigenvalue weighted by atomic mass is 10.1. The summed E-state index contributed by atoms with van der Waals surface area (Å²) in [6.07, 6.45) is 2.12. The SMILES string of the molecule is CCCOCCOCCOCCOCCOCCOCCOCCOCCC(=O)N[C@@H](CCCCNC(=O)OCc1ccccc1)C(=O)OC(C)(C)C. The van der Waals surface area contributed by atoms with E-state index in [4.69, 9.17) is 47.4 Å². The van der Waals surface area contributed by atoms with Crippen LogP contribution < -0.4 is 10.6 Å².